The third-order valence-corrected chi connectivity index (χ3v) is 0.940. The average Bonchev–Trinajstić information content (AvgIpc) is 1.87. The van der Waals surface area contributed by atoms with Crippen LogP contribution >= 0.6 is 0 Å². The highest BCUT2D eigenvalue weighted by Crippen LogP contribution is 1.93. The van der Waals surface area contributed by atoms with Gasteiger partial charge in [-0.1, -0.05) is 0 Å². The van der Waals surface area contributed by atoms with Crippen molar-refractivity contribution in [2.24, 2.45) is 0 Å². The van der Waals surface area contributed by atoms with Crippen LogP contribution in [0.15, 0.2) is 0 Å². The number of hydrogen-bond acceptors (Lipinski definition) is 5. The van der Waals surface area contributed by atoms with Crippen LogP contribution in [-0.4, -0.2) is 38.6 Å². The molecule has 0 N–H and O–H groups in total. The van der Waals surface area contributed by atoms with Crippen LogP contribution in [0.1, 0.15) is 0 Å². The smallest absolute Gasteiger partial charge is 0.294 e. The maximum atomic E-state index is 9.83. The summed E-state index contributed by atoms with van der Waals surface area (Å²) in [4.78, 5) is 14.0. The summed E-state index contributed by atoms with van der Waals surface area (Å²) in [6.07, 6.45) is -0.639. The van der Waals surface area contributed by atoms with E-state index < -0.39 is 11.2 Å². The van der Waals surface area contributed by atoms with E-state index in [1.54, 1.807) is 0 Å². The van der Waals surface area contributed by atoms with Crippen molar-refractivity contribution >= 4 is 0 Å². The molecule has 0 fully saturated rings. The lowest BCUT2D eigenvalue weighted by atomic mass is 10.4. The number of ether oxygens (including phenoxy) is 2. The van der Waals surface area contributed by atoms with Gasteiger partial charge in [-0.15, -0.1) is 10.1 Å². The minimum Gasteiger partial charge on any atom is -0.382 e. The van der Waals surface area contributed by atoms with E-state index in [0.717, 1.165) is 0 Å². The highest BCUT2D eigenvalue weighted by Gasteiger charge is 2.11. The molecule has 0 aromatic rings. The van der Waals surface area contributed by atoms with Crippen LogP contribution in [-0.2, 0) is 14.3 Å². The molecule has 0 amide bonds. The van der Waals surface area contributed by atoms with Gasteiger partial charge in [-0.05, 0) is 0 Å². The van der Waals surface area contributed by atoms with Crippen molar-refractivity contribution < 1.29 is 19.4 Å². The van der Waals surface area contributed by atoms with E-state index in [0.29, 0.717) is 0 Å². The molecule has 0 aromatic carbocycles. The first-order valence-electron chi connectivity index (χ1n) is 2.99. The van der Waals surface area contributed by atoms with Crippen molar-refractivity contribution in [3.05, 3.63) is 10.1 Å². The van der Waals surface area contributed by atoms with Gasteiger partial charge in [-0.2, -0.15) is 0 Å². The van der Waals surface area contributed by atoms with E-state index in [2.05, 4.69) is 14.3 Å². The molecular formula is C5H11NO5. The Kier molecular flexibility index (Phi) is 5.40. The Morgan fingerprint density at radius 2 is 1.82 bits per heavy atom. The third kappa shape index (κ3) is 5.56. The van der Waals surface area contributed by atoms with Gasteiger partial charge in [0.2, 0.25) is 0 Å². The maximum Gasteiger partial charge on any atom is 0.294 e. The molecule has 0 aliphatic carbocycles. The monoisotopic (exact) mass is 165 g/mol. The standard InChI is InChI=1S/C5H11NO5/c1-9-3-5(4-10-2)11-6(7)8/h5H,3-4H2,1-2H3. The Bertz CT molecular complexity index is 111. The lowest BCUT2D eigenvalue weighted by Crippen LogP contribution is -2.26. The van der Waals surface area contributed by atoms with Crippen molar-refractivity contribution in [3.63, 3.8) is 0 Å². The topological polar surface area (TPSA) is 70.8 Å². The Morgan fingerprint density at radius 1 is 1.36 bits per heavy atom. The van der Waals surface area contributed by atoms with Crippen molar-refractivity contribution in [1.29, 1.82) is 0 Å². The van der Waals surface area contributed by atoms with Crippen molar-refractivity contribution in [3.8, 4) is 0 Å². The quantitative estimate of drug-likeness (QED) is 0.404. The minimum absolute atomic E-state index is 0.148. The molecule has 0 spiro atoms. The summed E-state index contributed by atoms with van der Waals surface area (Å²) < 4.78 is 9.30. The van der Waals surface area contributed by atoms with E-state index in [1.807, 2.05) is 0 Å². The summed E-state index contributed by atoms with van der Waals surface area (Å²) in [7, 11) is 2.87. The lowest BCUT2D eigenvalue weighted by Gasteiger charge is -2.11. The van der Waals surface area contributed by atoms with Crippen LogP contribution in [0.25, 0.3) is 0 Å². The molecule has 6 heteroatoms. The van der Waals surface area contributed by atoms with Gasteiger partial charge in [0, 0.05) is 14.2 Å². The normalized spacial score (nSPS) is 10.1. The van der Waals surface area contributed by atoms with Crippen LogP contribution in [0.2, 0.25) is 0 Å². The van der Waals surface area contributed by atoms with E-state index >= 15 is 0 Å². The van der Waals surface area contributed by atoms with E-state index in [4.69, 9.17) is 0 Å². The Hall–Kier alpha value is -0.880. The van der Waals surface area contributed by atoms with Crippen LogP contribution in [0.5, 0.6) is 0 Å². The second-order valence-corrected chi connectivity index (χ2v) is 1.86. The van der Waals surface area contributed by atoms with E-state index in [-0.39, 0.29) is 13.2 Å². The highest BCUT2D eigenvalue weighted by molar-refractivity contribution is 4.50. The van der Waals surface area contributed by atoms with Gasteiger partial charge in [-0.25, -0.2) is 0 Å². The summed E-state index contributed by atoms with van der Waals surface area (Å²) in [5.41, 5.74) is 0. The molecule has 0 aliphatic heterocycles. The molecule has 0 saturated heterocycles. The molecule has 0 rings (SSSR count). The molecule has 0 unspecified atom stereocenters. The molecule has 0 heterocycles. The predicted octanol–water partition coefficient (Wildman–Crippen LogP) is -0.144. The first-order chi connectivity index (χ1) is 5.20. The highest BCUT2D eigenvalue weighted by atomic mass is 17.0. The van der Waals surface area contributed by atoms with Crippen LogP contribution in [0.3, 0.4) is 0 Å². The molecule has 0 radical (unpaired) electrons. The zero-order valence-corrected chi connectivity index (χ0v) is 6.48. The van der Waals surface area contributed by atoms with Gasteiger partial charge in [0.1, 0.15) is 0 Å². The van der Waals surface area contributed by atoms with Crippen molar-refractivity contribution in [1.82, 2.24) is 0 Å². The fraction of sp³-hybridized carbons (Fsp3) is 1.00. The Morgan fingerprint density at radius 3 is 2.09 bits per heavy atom. The average molecular weight is 165 g/mol. The zero-order chi connectivity index (χ0) is 8.69. The van der Waals surface area contributed by atoms with Gasteiger partial charge >= 0.3 is 0 Å². The summed E-state index contributed by atoms with van der Waals surface area (Å²) >= 11 is 0. The Balaban J connectivity index is 3.59. The van der Waals surface area contributed by atoms with Gasteiger partial charge in [0.15, 0.2) is 6.10 Å². The fourth-order valence-corrected chi connectivity index (χ4v) is 0.602. The molecule has 6 nitrogen and oxygen atoms in total. The lowest BCUT2D eigenvalue weighted by molar-refractivity contribution is -0.769. The van der Waals surface area contributed by atoms with Crippen molar-refractivity contribution in [2.75, 3.05) is 27.4 Å². The SMILES string of the molecule is COCC(COC)O[N+](=O)[O-]. The first-order valence-corrected chi connectivity index (χ1v) is 2.99. The second-order valence-electron chi connectivity index (χ2n) is 1.86. The van der Waals surface area contributed by atoms with Gasteiger partial charge in [-0.3, -0.25) is 0 Å². The number of hydrogen-bond donors (Lipinski definition) is 0. The summed E-state index contributed by atoms with van der Waals surface area (Å²) in [6.45, 7) is 0.295. The molecule has 0 bridgehead atoms. The van der Waals surface area contributed by atoms with E-state index in [9.17, 15) is 10.1 Å². The number of methoxy groups -OCH3 is 2. The second kappa shape index (κ2) is 5.87. The van der Waals surface area contributed by atoms with Crippen LogP contribution < -0.4 is 0 Å². The largest absolute Gasteiger partial charge is 0.382 e. The Labute approximate surface area is 64.1 Å². The molecule has 0 aromatic heterocycles. The first kappa shape index (κ1) is 10.1. The van der Waals surface area contributed by atoms with Gasteiger partial charge < -0.3 is 14.3 Å². The third-order valence-electron chi connectivity index (χ3n) is 0.940. The van der Waals surface area contributed by atoms with Crippen LogP contribution in [0.4, 0.5) is 0 Å². The molecule has 11 heavy (non-hydrogen) atoms. The minimum atomic E-state index is -0.858. The van der Waals surface area contributed by atoms with E-state index in [1.165, 1.54) is 14.2 Å². The van der Waals surface area contributed by atoms with Crippen LogP contribution in [0, 0.1) is 10.1 Å². The summed E-state index contributed by atoms with van der Waals surface area (Å²) in [5, 5.41) is 8.97. The predicted molar refractivity (Wildman–Crippen MR) is 35.6 cm³/mol. The summed E-state index contributed by atoms with van der Waals surface area (Å²) in [6, 6.07) is 0. The maximum absolute atomic E-state index is 9.83. The molecule has 0 aliphatic rings. The van der Waals surface area contributed by atoms with Gasteiger partial charge in [0.05, 0.1) is 13.2 Å². The molecule has 66 valence electrons. The summed E-state index contributed by atoms with van der Waals surface area (Å²) in [5.74, 6) is 0. The van der Waals surface area contributed by atoms with Gasteiger partial charge in [0.25, 0.3) is 5.09 Å². The number of nitrogens with zero attached hydrogens (tertiary/aromatic N) is 1. The molecule has 0 saturated carbocycles. The number of rotatable bonds is 6. The fourth-order valence-electron chi connectivity index (χ4n) is 0.602. The molecule has 0 atom stereocenters. The molecular weight excluding hydrogens is 154 g/mol. The van der Waals surface area contributed by atoms with Crippen molar-refractivity contribution in [2.45, 2.75) is 6.10 Å². The zero-order valence-electron chi connectivity index (χ0n) is 6.48.